The highest BCUT2D eigenvalue weighted by Gasteiger charge is 2.46. The summed E-state index contributed by atoms with van der Waals surface area (Å²) < 4.78 is 0. The van der Waals surface area contributed by atoms with Crippen molar-refractivity contribution in [2.45, 2.75) is 58.6 Å². The van der Waals surface area contributed by atoms with Crippen molar-refractivity contribution in [2.24, 2.45) is 34.6 Å². The van der Waals surface area contributed by atoms with Gasteiger partial charge in [0.1, 0.15) is 6.34 Å². The standard InChI is InChI=1S/C17H32N4O4/c1-4-5-12(10(2)8-19-11(3)22)6-13-15(20-9-21-18)7-14(16(13)23)17(24)25/h9-10,12-16,23H,4-8,18H2,1-3H3,(H,19,22)(H,20,21)(H,24,25)/t10?,12?,13-,14+,15-,16+/m0/s1. The highest BCUT2D eigenvalue weighted by atomic mass is 16.4. The zero-order chi connectivity index (χ0) is 19.0. The quantitative estimate of drug-likeness (QED) is 0.167. The number of hydrogen-bond acceptors (Lipinski definition) is 5. The minimum Gasteiger partial charge on any atom is -0.481 e. The van der Waals surface area contributed by atoms with Crippen LogP contribution in [0.4, 0.5) is 0 Å². The van der Waals surface area contributed by atoms with Gasteiger partial charge in [0, 0.05) is 25.4 Å². The number of hydrogen-bond donors (Lipinski definition) is 5. The molecule has 0 spiro atoms. The van der Waals surface area contributed by atoms with Gasteiger partial charge in [0.2, 0.25) is 5.91 Å². The fourth-order valence-corrected chi connectivity index (χ4v) is 3.83. The van der Waals surface area contributed by atoms with Gasteiger partial charge in [-0.25, -0.2) is 0 Å². The first-order valence-corrected chi connectivity index (χ1v) is 8.94. The van der Waals surface area contributed by atoms with Gasteiger partial charge in [-0.3, -0.25) is 9.59 Å². The molecule has 6 atom stereocenters. The van der Waals surface area contributed by atoms with Gasteiger partial charge in [-0.15, -0.1) is 0 Å². The molecule has 1 fully saturated rings. The number of nitrogens with two attached hydrogens (primary N) is 1. The van der Waals surface area contributed by atoms with Gasteiger partial charge in [0.05, 0.1) is 12.0 Å². The molecule has 8 nitrogen and oxygen atoms in total. The maximum absolute atomic E-state index is 11.4. The lowest BCUT2D eigenvalue weighted by Crippen LogP contribution is -2.38. The Kier molecular flexibility index (Phi) is 8.68. The number of carbonyl (C=O) groups is 2. The van der Waals surface area contributed by atoms with Crippen molar-refractivity contribution in [3.8, 4) is 0 Å². The third kappa shape index (κ3) is 6.19. The minimum absolute atomic E-state index is 0.0624. The maximum atomic E-state index is 11.4. The van der Waals surface area contributed by atoms with Crippen molar-refractivity contribution in [2.75, 3.05) is 6.54 Å². The number of rotatable bonds is 10. The number of aliphatic hydroxyl groups is 1. The molecule has 2 unspecified atom stereocenters. The van der Waals surface area contributed by atoms with Crippen LogP contribution in [0.3, 0.4) is 0 Å². The Morgan fingerprint density at radius 1 is 1.44 bits per heavy atom. The van der Waals surface area contributed by atoms with E-state index in [1.54, 1.807) is 0 Å². The number of carbonyl (C=O) groups excluding carboxylic acids is 1. The Hall–Kier alpha value is -1.83. The van der Waals surface area contributed by atoms with Gasteiger partial charge in [0.15, 0.2) is 0 Å². The molecule has 8 heteroatoms. The number of nitrogens with one attached hydrogen (secondary N) is 2. The number of amides is 1. The molecule has 0 bridgehead atoms. The highest BCUT2D eigenvalue weighted by Crippen LogP contribution is 2.38. The maximum Gasteiger partial charge on any atom is 0.309 e. The predicted molar refractivity (Wildman–Crippen MR) is 95.7 cm³/mol. The van der Waals surface area contributed by atoms with Crippen LogP contribution in [0.2, 0.25) is 0 Å². The van der Waals surface area contributed by atoms with Crippen LogP contribution < -0.4 is 16.5 Å². The molecular formula is C17H32N4O4. The van der Waals surface area contributed by atoms with Crippen LogP contribution in [0, 0.1) is 23.7 Å². The second-order valence-electron chi connectivity index (χ2n) is 7.09. The van der Waals surface area contributed by atoms with Gasteiger partial charge in [-0.1, -0.05) is 26.7 Å². The lowest BCUT2D eigenvalue weighted by molar-refractivity contribution is -0.145. The molecule has 0 aromatic rings. The molecule has 1 saturated carbocycles. The van der Waals surface area contributed by atoms with Crippen LogP contribution in [-0.2, 0) is 9.59 Å². The van der Waals surface area contributed by atoms with E-state index in [-0.39, 0.29) is 29.7 Å². The monoisotopic (exact) mass is 356 g/mol. The van der Waals surface area contributed by atoms with Crippen LogP contribution in [0.5, 0.6) is 0 Å². The average Bonchev–Trinajstić information content (AvgIpc) is 2.86. The first-order chi connectivity index (χ1) is 11.8. The van der Waals surface area contributed by atoms with Crippen molar-refractivity contribution in [1.29, 1.82) is 0 Å². The van der Waals surface area contributed by atoms with Crippen molar-refractivity contribution in [3.63, 3.8) is 0 Å². The first-order valence-electron chi connectivity index (χ1n) is 8.94. The third-order valence-electron chi connectivity index (χ3n) is 5.27. The second kappa shape index (κ2) is 10.2. The van der Waals surface area contributed by atoms with Crippen LogP contribution >= 0.6 is 0 Å². The van der Waals surface area contributed by atoms with Crippen LogP contribution in [-0.4, -0.2) is 47.1 Å². The summed E-state index contributed by atoms with van der Waals surface area (Å²) in [6.45, 7) is 6.25. The van der Waals surface area contributed by atoms with Crippen molar-refractivity contribution >= 4 is 18.2 Å². The van der Waals surface area contributed by atoms with Crippen molar-refractivity contribution in [1.82, 2.24) is 10.6 Å². The van der Waals surface area contributed by atoms with Crippen LogP contribution in [0.25, 0.3) is 0 Å². The summed E-state index contributed by atoms with van der Waals surface area (Å²) in [5, 5.41) is 29.2. The van der Waals surface area contributed by atoms with E-state index in [2.05, 4.69) is 29.6 Å². The second-order valence-corrected chi connectivity index (χ2v) is 7.09. The molecule has 0 aliphatic heterocycles. The van der Waals surface area contributed by atoms with E-state index in [4.69, 9.17) is 5.84 Å². The lowest BCUT2D eigenvalue weighted by atomic mass is 9.79. The number of carboxylic acid groups (broad SMARTS) is 1. The van der Waals surface area contributed by atoms with Gasteiger partial charge in [0.25, 0.3) is 0 Å². The Morgan fingerprint density at radius 2 is 2.12 bits per heavy atom. The molecule has 0 radical (unpaired) electrons. The van der Waals surface area contributed by atoms with E-state index in [1.807, 2.05) is 0 Å². The number of aliphatic carboxylic acids is 1. The van der Waals surface area contributed by atoms with Crippen molar-refractivity contribution in [3.05, 3.63) is 0 Å². The zero-order valence-corrected chi connectivity index (χ0v) is 15.3. The Bertz CT molecular complexity index is 472. The molecule has 6 N–H and O–H groups in total. The summed E-state index contributed by atoms with van der Waals surface area (Å²) in [5.41, 5.74) is 0. The Morgan fingerprint density at radius 3 is 2.64 bits per heavy atom. The van der Waals surface area contributed by atoms with Gasteiger partial charge < -0.3 is 26.7 Å². The Labute approximate surface area is 149 Å². The average molecular weight is 356 g/mol. The molecule has 1 aliphatic carbocycles. The lowest BCUT2D eigenvalue weighted by Gasteiger charge is -2.31. The SMILES string of the molecule is CCCC(C[C@@H]1[C@@H](O)[C@H](C(=O)O)C[C@@H]1NC=NN)C(C)CNC(C)=O. The summed E-state index contributed by atoms with van der Waals surface area (Å²) in [4.78, 5) is 22.6. The zero-order valence-electron chi connectivity index (χ0n) is 15.3. The Balaban J connectivity index is 2.85. The van der Waals surface area contributed by atoms with Crippen molar-refractivity contribution < 1.29 is 19.8 Å². The van der Waals surface area contributed by atoms with E-state index in [9.17, 15) is 19.8 Å². The fraction of sp³-hybridized carbons (Fsp3) is 0.824. The molecule has 1 aliphatic rings. The van der Waals surface area contributed by atoms with E-state index in [1.165, 1.54) is 13.3 Å². The number of carboxylic acids is 1. The molecule has 0 aromatic heterocycles. The van der Waals surface area contributed by atoms with E-state index in [0.29, 0.717) is 19.4 Å². The molecule has 1 rings (SSSR count). The van der Waals surface area contributed by atoms with E-state index >= 15 is 0 Å². The third-order valence-corrected chi connectivity index (χ3v) is 5.27. The summed E-state index contributed by atoms with van der Waals surface area (Å²) >= 11 is 0. The normalized spacial score (nSPS) is 28.6. The topological polar surface area (TPSA) is 137 Å². The molecule has 0 heterocycles. The predicted octanol–water partition coefficient (Wildman–Crippen LogP) is 0.507. The molecule has 0 aromatic carbocycles. The van der Waals surface area contributed by atoms with E-state index in [0.717, 1.165) is 12.8 Å². The van der Waals surface area contributed by atoms with Gasteiger partial charge >= 0.3 is 5.97 Å². The molecule has 1 amide bonds. The number of aliphatic hydroxyl groups excluding tert-OH is 1. The summed E-state index contributed by atoms with van der Waals surface area (Å²) in [6, 6.07) is -0.185. The molecule has 144 valence electrons. The summed E-state index contributed by atoms with van der Waals surface area (Å²) in [6.07, 6.45) is 3.42. The van der Waals surface area contributed by atoms with E-state index < -0.39 is 18.0 Å². The smallest absolute Gasteiger partial charge is 0.309 e. The fourth-order valence-electron chi connectivity index (χ4n) is 3.83. The molecule has 0 saturated heterocycles. The van der Waals surface area contributed by atoms with Gasteiger partial charge in [-0.05, 0) is 24.7 Å². The van der Waals surface area contributed by atoms with Crippen LogP contribution in [0.1, 0.15) is 46.5 Å². The molecule has 25 heavy (non-hydrogen) atoms. The summed E-state index contributed by atoms with van der Waals surface area (Å²) in [7, 11) is 0. The van der Waals surface area contributed by atoms with Crippen LogP contribution in [0.15, 0.2) is 5.10 Å². The first kappa shape index (κ1) is 21.2. The molecular weight excluding hydrogens is 324 g/mol. The highest BCUT2D eigenvalue weighted by molar-refractivity contribution is 5.72. The summed E-state index contributed by atoms with van der Waals surface area (Å²) in [5.74, 6) is 3.62. The largest absolute Gasteiger partial charge is 0.481 e. The minimum atomic E-state index is -0.982. The number of nitrogens with zero attached hydrogens (tertiary/aromatic N) is 1. The number of hydrazone groups is 1. The van der Waals surface area contributed by atoms with Gasteiger partial charge in [-0.2, -0.15) is 5.10 Å².